The van der Waals surface area contributed by atoms with Crippen molar-refractivity contribution in [3.8, 4) is 0 Å². The van der Waals surface area contributed by atoms with Crippen molar-refractivity contribution in [2.45, 2.75) is 19.9 Å². The van der Waals surface area contributed by atoms with E-state index in [-0.39, 0.29) is 11.8 Å². The number of thiophene rings is 1. The summed E-state index contributed by atoms with van der Waals surface area (Å²) in [6.45, 7) is 5.33. The molecule has 0 spiro atoms. The van der Waals surface area contributed by atoms with Gasteiger partial charge in [0.1, 0.15) is 0 Å². The van der Waals surface area contributed by atoms with Crippen LogP contribution < -0.4 is 5.32 Å². The maximum atomic E-state index is 12.9. The van der Waals surface area contributed by atoms with Gasteiger partial charge < -0.3 is 10.2 Å². The Morgan fingerprint density at radius 3 is 2.73 bits per heavy atom. The van der Waals surface area contributed by atoms with E-state index in [2.05, 4.69) is 36.5 Å². The first kappa shape index (κ1) is 18.6. The van der Waals surface area contributed by atoms with Crippen molar-refractivity contribution in [2.75, 3.05) is 32.7 Å². The van der Waals surface area contributed by atoms with Crippen molar-refractivity contribution >= 4 is 23.2 Å². The normalized spacial score (nSPS) is 14.9. The van der Waals surface area contributed by atoms with E-state index in [4.69, 9.17) is 0 Å². The van der Waals surface area contributed by atoms with E-state index in [1.807, 2.05) is 28.0 Å². The van der Waals surface area contributed by atoms with Crippen molar-refractivity contribution in [3.05, 3.63) is 57.8 Å². The van der Waals surface area contributed by atoms with Gasteiger partial charge in [0.25, 0.3) is 0 Å². The van der Waals surface area contributed by atoms with Gasteiger partial charge in [-0.1, -0.05) is 30.3 Å². The SMILES string of the molecule is Cc1ccc(CN(CCc2ccccc2)C(=O)CN2CCNC(=O)C2)s1. The van der Waals surface area contributed by atoms with Crippen molar-refractivity contribution in [3.63, 3.8) is 0 Å². The van der Waals surface area contributed by atoms with E-state index in [0.29, 0.717) is 32.7 Å². The molecule has 1 aromatic carbocycles. The molecule has 1 aliphatic heterocycles. The van der Waals surface area contributed by atoms with Gasteiger partial charge in [-0.2, -0.15) is 0 Å². The summed E-state index contributed by atoms with van der Waals surface area (Å²) in [6.07, 6.45) is 0.831. The number of aryl methyl sites for hydroxylation is 1. The van der Waals surface area contributed by atoms with Crippen LogP contribution in [-0.4, -0.2) is 54.3 Å². The molecule has 1 N–H and O–H groups in total. The molecule has 6 heteroatoms. The van der Waals surface area contributed by atoms with E-state index in [1.165, 1.54) is 15.3 Å². The molecule has 0 aliphatic carbocycles. The number of benzene rings is 1. The molecule has 1 aliphatic rings. The number of amides is 2. The molecule has 26 heavy (non-hydrogen) atoms. The monoisotopic (exact) mass is 371 g/mol. The zero-order chi connectivity index (χ0) is 18.4. The van der Waals surface area contributed by atoms with Crippen LogP contribution in [0.2, 0.25) is 0 Å². The molecule has 2 heterocycles. The quantitative estimate of drug-likeness (QED) is 0.811. The number of carbonyl (C=O) groups is 2. The highest BCUT2D eigenvalue weighted by Gasteiger charge is 2.22. The molecule has 1 fully saturated rings. The highest BCUT2D eigenvalue weighted by molar-refractivity contribution is 7.11. The van der Waals surface area contributed by atoms with Crippen molar-refractivity contribution in [1.29, 1.82) is 0 Å². The van der Waals surface area contributed by atoms with E-state index in [0.717, 1.165) is 13.0 Å². The molecule has 0 saturated carbocycles. The van der Waals surface area contributed by atoms with E-state index < -0.39 is 0 Å². The number of piperazine rings is 1. The highest BCUT2D eigenvalue weighted by atomic mass is 32.1. The van der Waals surface area contributed by atoms with Gasteiger partial charge in [0.05, 0.1) is 19.6 Å². The molecule has 3 rings (SSSR count). The zero-order valence-electron chi connectivity index (χ0n) is 15.1. The van der Waals surface area contributed by atoms with Gasteiger partial charge in [0.15, 0.2) is 0 Å². The third kappa shape index (κ3) is 5.41. The second-order valence-corrected chi connectivity index (χ2v) is 8.00. The number of hydrogen-bond donors (Lipinski definition) is 1. The standard InChI is InChI=1S/C20H25N3O2S/c1-16-7-8-18(26-16)13-23(11-9-17-5-3-2-4-6-17)20(25)15-22-12-10-21-19(24)14-22/h2-8H,9-15H2,1H3,(H,21,24). The maximum Gasteiger partial charge on any atom is 0.237 e. The first-order valence-corrected chi connectivity index (χ1v) is 9.78. The minimum Gasteiger partial charge on any atom is -0.354 e. The van der Waals surface area contributed by atoms with Crippen molar-refractivity contribution in [1.82, 2.24) is 15.1 Å². The van der Waals surface area contributed by atoms with Crippen LogP contribution in [0, 0.1) is 6.92 Å². The fraction of sp³-hybridized carbons (Fsp3) is 0.400. The van der Waals surface area contributed by atoms with Gasteiger partial charge in [-0.15, -0.1) is 11.3 Å². The minimum atomic E-state index is -0.00577. The summed E-state index contributed by atoms with van der Waals surface area (Å²) in [5.41, 5.74) is 1.23. The summed E-state index contributed by atoms with van der Waals surface area (Å²) in [5.74, 6) is 0.0791. The summed E-state index contributed by atoms with van der Waals surface area (Å²) in [7, 11) is 0. The van der Waals surface area contributed by atoms with Gasteiger partial charge in [-0.3, -0.25) is 14.5 Å². The number of rotatable bonds is 7. The van der Waals surface area contributed by atoms with Gasteiger partial charge in [-0.05, 0) is 31.0 Å². The van der Waals surface area contributed by atoms with Crippen LogP contribution in [0.1, 0.15) is 15.3 Å². The lowest BCUT2D eigenvalue weighted by Gasteiger charge is -2.29. The first-order chi connectivity index (χ1) is 12.6. The Kier molecular flexibility index (Phi) is 6.41. The highest BCUT2D eigenvalue weighted by Crippen LogP contribution is 2.18. The topological polar surface area (TPSA) is 52.7 Å². The van der Waals surface area contributed by atoms with Gasteiger partial charge in [-0.25, -0.2) is 0 Å². The van der Waals surface area contributed by atoms with E-state index in [9.17, 15) is 9.59 Å². The number of carbonyl (C=O) groups excluding carboxylic acids is 2. The average Bonchev–Trinajstić information content (AvgIpc) is 3.04. The summed E-state index contributed by atoms with van der Waals surface area (Å²) in [5, 5.41) is 2.80. The molecule has 5 nitrogen and oxygen atoms in total. The molecule has 0 bridgehead atoms. The summed E-state index contributed by atoms with van der Waals surface area (Å²) >= 11 is 1.73. The van der Waals surface area contributed by atoms with Crippen molar-refractivity contribution < 1.29 is 9.59 Å². The second-order valence-electron chi connectivity index (χ2n) is 6.62. The molecule has 2 amide bonds. The lowest BCUT2D eigenvalue weighted by molar-refractivity contribution is -0.134. The number of hydrogen-bond acceptors (Lipinski definition) is 4. The number of nitrogens with one attached hydrogen (secondary N) is 1. The Morgan fingerprint density at radius 2 is 2.04 bits per heavy atom. The van der Waals surface area contributed by atoms with Crippen molar-refractivity contribution in [2.24, 2.45) is 0 Å². The third-order valence-electron chi connectivity index (χ3n) is 4.48. The molecular formula is C20H25N3O2S. The smallest absolute Gasteiger partial charge is 0.237 e. The fourth-order valence-electron chi connectivity index (χ4n) is 3.08. The zero-order valence-corrected chi connectivity index (χ0v) is 15.9. The average molecular weight is 372 g/mol. The minimum absolute atomic E-state index is 0.00577. The Bertz CT molecular complexity index is 745. The second kappa shape index (κ2) is 8.96. The van der Waals surface area contributed by atoms with Crippen LogP contribution in [0.4, 0.5) is 0 Å². The Hall–Kier alpha value is -2.18. The lowest BCUT2D eigenvalue weighted by Crippen LogP contribution is -2.51. The lowest BCUT2D eigenvalue weighted by atomic mass is 10.1. The Labute approximate surface area is 158 Å². The van der Waals surface area contributed by atoms with Crippen LogP contribution in [0.15, 0.2) is 42.5 Å². The predicted molar refractivity (Wildman–Crippen MR) is 104 cm³/mol. The first-order valence-electron chi connectivity index (χ1n) is 8.96. The Morgan fingerprint density at radius 1 is 1.23 bits per heavy atom. The van der Waals surface area contributed by atoms with Crippen LogP contribution in [0.5, 0.6) is 0 Å². The van der Waals surface area contributed by atoms with E-state index in [1.54, 1.807) is 11.3 Å². The molecule has 0 unspecified atom stereocenters. The summed E-state index contributed by atoms with van der Waals surface area (Å²) < 4.78 is 0. The van der Waals surface area contributed by atoms with E-state index >= 15 is 0 Å². The van der Waals surface area contributed by atoms with Gasteiger partial charge in [0.2, 0.25) is 11.8 Å². The summed E-state index contributed by atoms with van der Waals surface area (Å²) in [6, 6.07) is 14.4. The molecule has 1 aromatic heterocycles. The third-order valence-corrected chi connectivity index (χ3v) is 5.47. The molecule has 1 saturated heterocycles. The molecular weight excluding hydrogens is 346 g/mol. The Balaban J connectivity index is 1.64. The molecule has 0 atom stereocenters. The number of nitrogens with zero attached hydrogens (tertiary/aromatic N) is 2. The maximum absolute atomic E-state index is 12.9. The van der Waals surface area contributed by atoms with Gasteiger partial charge in [0, 0.05) is 29.4 Å². The predicted octanol–water partition coefficient (Wildman–Crippen LogP) is 2.06. The molecule has 138 valence electrons. The fourth-order valence-corrected chi connectivity index (χ4v) is 3.98. The van der Waals surface area contributed by atoms with Crippen LogP contribution >= 0.6 is 11.3 Å². The van der Waals surface area contributed by atoms with Crippen LogP contribution in [0.25, 0.3) is 0 Å². The van der Waals surface area contributed by atoms with Gasteiger partial charge >= 0.3 is 0 Å². The summed E-state index contributed by atoms with van der Waals surface area (Å²) in [4.78, 5) is 30.8. The molecule has 0 radical (unpaired) electrons. The molecule has 2 aromatic rings. The van der Waals surface area contributed by atoms with Crippen LogP contribution in [0.3, 0.4) is 0 Å². The largest absolute Gasteiger partial charge is 0.354 e. The van der Waals surface area contributed by atoms with Crippen LogP contribution in [-0.2, 0) is 22.6 Å².